The third kappa shape index (κ3) is 4.34. The van der Waals surface area contributed by atoms with Gasteiger partial charge in [0, 0.05) is 36.0 Å². The number of rotatable bonds is 6. The van der Waals surface area contributed by atoms with Crippen molar-refractivity contribution in [1.82, 2.24) is 9.97 Å². The number of aromatic nitrogens is 2. The van der Waals surface area contributed by atoms with E-state index in [0.29, 0.717) is 11.0 Å². The van der Waals surface area contributed by atoms with Crippen LogP contribution in [0.1, 0.15) is 0 Å². The summed E-state index contributed by atoms with van der Waals surface area (Å²) in [5.41, 5.74) is 0.695. The molecule has 0 aliphatic carbocycles. The Bertz CT molecular complexity index is 1440. The minimum Gasteiger partial charge on any atom is -0.508 e. The summed E-state index contributed by atoms with van der Waals surface area (Å²) in [4.78, 5) is 18.7. The van der Waals surface area contributed by atoms with Crippen LogP contribution in [0.3, 0.4) is 0 Å². The van der Waals surface area contributed by atoms with Gasteiger partial charge in [-0.15, -0.1) is 0 Å². The van der Waals surface area contributed by atoms with Crippen LogP contribution in [-0.4, -0.2) is 33.5 Å². The van der Waals surface area contributed by atoms with Crippen LogP contribution in [0.15, 0.2) is 71.6 Å². The monoisotopic (exact) mass is 453 g/mol. The van der Waals surface area contributed by atoms with Gasteiger partial charge in [-0.1, -0.05) is 18.2 Å². The number of nitro groups is 1. The zero-order valence-electron chi connectivity index (χ0n) is 16.1. The van der Waals surface area contributed by atoms with E-state index in [1.165, 1.54) is 30.3 Å². The molecule has 32 heavy (non-hydrogen) atoms. The van der Waals surface area contributed by atoms with Crippen molar-refractivity contribution in [1.29, 1.82) is 0 Å². The summed E-state index contributed by atoms with van der Waals surface area (Å²) in [7, 11) is -4.26. The van der Waals surface area contributed by atoms with E-state index in [2.05, 4.69) is 20.0 Å². The predicted octanol–water partition coefficient (Wildman–Crippen LogP) is 3.49. The van der Waals surface area contributed by atoms with Crippen LogP contribution in [0, 0.1) is 10.1 Å². The molecule has 0 unspecified atom stereocenters. The summed E-state index contributed by atoms with van der Waals surface area (Å²) < 4.78 is 28.1. The van der Waals surface area contributed by atoms with Crippen LogP contribution in [-0.2, 0) is 10.0 Å². The molecule has 3 aromatic carbocycles. The fourth-order valence-electron chi connectivity index (χ4n) is 2.91. The lowest BCUT2D eigenvalue weighted by atomic mass is 10.2. The molecule has 0 amide bonds. The van der Waals surface area contributed by atoms with Gasteiger partial charge >= 0.3 is 0 Å². The molecule has 4 rings (SSSR count). The molecule has 1 aromatic heterocycles. The maximum Gasteiger partial charge on any atom is 0.270 e. The molecule has 0 aliphatic rings. The highest BCUT2D eigenvalue weighted by molar-refractivity contribution is 7.92. The maximum absolute atomic E-state index is 12.9. The van der Waals surface area contributed by atoms with Crippen LogP contribution in [0.2, 0.25) is 0 Å². The van der Waals surface area contributed by atoms with Crippen molar-refractivity contribution in [2.45, 2.75) is 4.90 Å². The average Bonchev–Trinajstić information content (AvgIpc) is 2.73. The molecule has 4 N–H and O–H groups in total. The van der Waals surface area contributed by atoms with Crippen molar-refractivity contribution in [2.75, 3.05) is 10.0 Å². The highest BCUT2D eigenvalue weighted by atomic mass is 32.2. The third-order valence-corrected chi connectivity index (χ3v) is 5.64. The van der Waals surface area contributed by atoms with Crippen molar-refractivity contribution in [3.05, 3.63) is 76.8 Å². The minimum absolute atomic E-state index is 0.0114. The summed E-state index contributed by atoms with van der Waals surface area (Å²) in [6, 6.07) is 15.0. The number of non-ortho nitro benzene ring substituents is 1. The quantitative estimate of drug-likeness (QED) is 0.252. The first kappa shape index (κ1) is 20.8. The molecule has 162 valence electrons. The molecular formula is C20H15N5O6S. The Morgan fingerprint density at radius 1 is 0.844 bits per heavy atom. The van der Waals surface area contributed by atoms with Gasteiger partial charge in [-0.05, 0) is 18.2 Å². The Morgan fingerprint density at radius 2 is 1.47 bits per heavy atom. The van der Waals surface area contributed by atoms with Gasteiger partial charge in [0.2, 0.25) is 0 Å². The summed E-state index contributed by atoms with van der Waals surface area (Å²) in [6.45, 7) is 0. The van der Waals surface area contributed by atoms with Crippen molar-refractivity contribution in [2.24, 2.45) is 0 Å². The van der Waals surface area contributed by atoms with Gasteiger partial charge in [-0.3, -0.25) is 14.8 Å². The first-order chi connectivity index (χ1) is 15.2. The van der Waals surface area contributed by atoms with Crippen LogP contribution in [0.5, 0.6) is 11.5 Å². The molecule has 0 spiro atoms. The largest absolute Gasteiger partial charge is 0.508 e. The van der Waals surface area contributed by atoms with Crippen molar-refractivity contribution in [3.8, 4) is 11.5 Å². The van der Waals surface area contributed by atoms with Crippen molar-refractivity contribution in [3.63, 3.8) is 0 Å². The first-order valence-electron chi connectivity index (χ1n) is 9.05. The molecule has 0 atom stereocenters. The molecule has 11 nitrogen and oxygen atoms in total. The van der Waals surface area contributed by atoms with E-state index in [1.807, 2.05) is 0 Å². The summed E-state index contributed by atoms with van der Waals surface area (Å²) in [5, 5.41) is 33.3. The highest BCUT2D eigenvalue weighted by Gasteiger charge is 2.21. The number of nitrogens with zero attached hydrogens (tertiary/aromatic N) is 3. The Hall–Kier alpha value is -4.45. The van der Waals surface area contributed by atoms with E-state index < -0.39 is 14.9 Å². The van der Waals surface area contributed by atoms with Gasteiger partial charge in [0.1, 0.15) is 11.5 Å². The predicted molar refractivity (Wildman–Crippen MR) is 116 cm³/mol. The fourth-order valence-corrected chi connectivity index (χ4v) is 3.96. The van der Waals surface area contributed by atoms with E-state index in [0.717, 1.165) is 12.1 Å². The number of phenols is 2. The van der Waals surface area contributed by atoms with Gasteiger partial charge in [0.15, 0.2) is 11.6 Å². The van der Waals surface area contributed by atoms with Crippen LogP contribution >= 0.6 is 0 Å². The van der Waals surface area contributed by atoms with E-state index in [4.69, 9.17) is 0 Å². The van der Waals surface area contributed by atoms with Gasteiger partial charge in [0.05, 0.1) is 20.9 Å². The summed E-state index contributed by atoms with van der Waals surface area (Å²) in [6.07, 6.45) is 0. The number of nitro benzene ring substituents is 1. The standard InChI is InChI=1S/C20H15N5O6S/c26-14-8-12(9-15(27)11-14)21-19-20(23-18-7-2-1-6-17(18)22-19)24-32(30,31)16-5-3-4-13(10-16)25(28)29/h1-11,26-27H,(H,21,22)(H,23,24). The summed E-state index contributed by atoms with van der Waals surface area (Å²) >= 11 is 0. The number of hydrogen-bond donors (Lipinski definition) is 4. The zero-order chi connectivity index (χ0) is 22.9. The topological polar surface area (TPSA) is 168 Å². The highest BCUT2D eigenvalue weighted by Crippen LogP contribution is 2.31. The lowest BCUT2D eigenvalue weighted by molar-refractivity contribution is -0.385. The SMILES string of the molecule is O=[N+]([O-])c1cccc(S(=O)(=O)Nc2nc3ccccc3nc2Nc2cc(O)cc(O)c2)c1. The molecule has 0 bridgehead atoms. The molecule has 0 radical (unpaired) electrons. The molecule has 0 aliphatic heterocycles. The fraction of sp³-hybridized carbons (Fsp3) is 0. The lowest BCUT2D eigenvalue weighted by Crippen LogP contribution is -2.16. The number of benzene rings is 3. The number of fused-ring (bicyclic) bond motifs is 1. The number of phenolic OH excluding ortho intramolecular Hbond substituents is 2. The minimum atomic E-state index is -4.26. The van der Waals surface area contributed by atoms with Gasteiger partial charge < -0.3 is 15.5 Å². The number of sulfonamides is 1. The Kier molecular flexibility index (Phi) is 5.20. The van der Waals surface area contributed by atoms with E-state index in [-0.39, 0.29) is 39.4 Å². The van der Waals surface area contributed by atoms with Gasteiger partial charge in [-0.2, -0.15) is 0 Å². The zero-order valence-corrected chi connectivity index (χ0v) is 16.9. The maximum atomic E-state index is 12.9. The van der Waals surface area contributed by atoms with Crippen LogP contribution in [0.25, 0.3) is 11.0 Å². The second-order valence-electron chi connectivity index (χ2n) is 6.63. The van der Waals surface area contributed by atoms with Crippen LogP contribution in [0.4, 0.5) is 23.0 Å². The molecule has 12 heteroatoms. The first-order valence-corrected chi connectivity index (χ1v) is 10.5. The molecule has 0 saturated carbocycles. The van der Waals surface area contributed by atoms with Gasteiger partial charge in [-0.25, -0.2) is 18.4 Å². The molecule has 0 fully saturated rings. The molecule has 4 aromatic rings. The van der Waals surface area contributed by atoms with E-state index in [9.17, 15) is 28.7 Å². The second kappa shape index (κ2) is 8.00. The lowest BCUT2D eigenvalue weighted by Gasteiger charge is -2.14. The normalized spacial score (nSPS) is 11.2. The van der Waals surface area contributed by atoms with E-state index in [1.54, 1.807) is 24.3 Å². The third-order valence-electron chi connectivity index (χ3n) is 4.31. The Labute approximate surface area is 181 Å². The van der Waals surface area contributed by atoms with Crippen molar-refractivity contribution < 1.29 is 23.6 Å². The number of nitrogens with one attached hydrogen (secondary N) is 2. The number of para-hydroxylation sites is 2. The van der Waals surface area contributed by atoms with E-state index >= 15 is 0 Å². The molecular weight excluding hydrogens is 438 g/mol. The smallest absolute Gasteiger partial charge is 0.270 e. The Morgan fingerprint density at radius 3 is 2.09 bits per heavy atom. The second-order valence-corrected chi connectivity index (χ2v) is 8.31. The van der Waals surface area contributed by atoms with Crippen LogP contribution < -0.4 is 10.0 Å². The Balaban J connectivity index is 1.79. The average molecular weight is 453 g/mol. The molecule has 0 saturated heterocycles. The molecule has 1 heterocycles. The van der Waals surface area contributed by atoms with Gasteiger partial charge in [0.25, 0.3) is 15.7 Å². The number of hydrogen-bond acceptors (Lipinski definition) is 9. The van der Waals surface area contributed by atoms with Crippen molar-refractivity contribution >= 4 is 44.1 Å². The number of aromatic hydroxyl groups is 2. The number of anilines is 3. The summed E-state index contributed by atoms with van der Waals surface area (Å²) in [5.74, 6) is -0.638.